The van der Waals surface area contributed by atoms with Crippen LogP contribution in [0.4, 0.5) is 8.78 Å². The number of hydrogen-bond acceptors (Lipinski definition) is 3. The fourth-order valence-electron chi connectivity index (χ4n) is 2.51. The summed E-state index contributed by atoms with van der Waals surface area (Å²) in [6.07, 6.45) is 0.200. The highest BCUT2D eigenvalue weighted by Crippen LogP contribution is 2.24. The molecule has 3 aromatic rings. The van der Waals surface area contributed by atoms with E-state index in [1.807, 2.05) is 0 Å². The standard InChI is InChI=1S/C18H15F2NO2S2/c19-15-6-1-4-13(10-15)11-17(14-5-2-7-16(20)12-14)21-25(22,23)18-8-3-9-24-18/h1-10,12,17,21H,11H2/t17-/m1/s1. The molecule has 25 heavy (non-hydrogen) atoms. The Balaban J connectivity index is 1.94. The normalized spacial score (nSPS) is 12.9. The Morgan fingerprint density at radius 3 is 2.32 bits per heavy atom. The van der Waals surface area contributed by atoms with Gasteiger partial charge in [0.15, 0.2) is 0 Å². The number of halogens is 2. The number of rotatable bonds is 6. The van der Waals surface area contributed by atoms with E-state index in [9.17, 15) is 17.2 Å². The van der Waals surface area contributed by atoms with Crippen molar-refractivity contribution in [2.75, 3.05) is 0 Å². The highest BCUT2D eigenvalue weighted by Gasteiger charge is 2.23. The summed E-state index contributed by atoms with van der Waals surface area (Å²) in [6, 6.07) is 14.1. The highest BCUT2D eigenvalue weighted by molar-refractivity contribution is 7.91. The molecule has 0 spiro atoms. The van der Waals surface area contributed by atoms with Crippen molar-refractivity contribution in [2.24, 2.45) is 0 Å². The predicted molar refractivity (Wildman–Crippen MR) is 93.9 cm³/mol. The van der Waals surface area contributed by atoms with Crippen molar-refractivity contribution < 1.29 is 17.2 Å². The maximum atomic E-state index is 13.6. The maximum Gasteiger partial charge on any atom is 0.250 e. The van der Waals surface area contributed by atoms with Gasteiger partial charge in [-0.25, -0.2) is 21.9 Å². The molecule has 0 unspecified atom stereocenters. The van der Waals surface area contributed by atoms with Crippen LogP contribution < -0.4 is 4.72 Å². The van der Waals surface area contributed by atoms with Gasteiger partial charge in [0, 0.05) is 0 Å². The molecule has 0 fully saturated rings. The van der Waals surface area contributed by atoms with E-state index in [4.69, 9.17) is 0 Å². The largest absolute Gasteiger partial charge is 0.250 e. The van der Waals surface area contributed by atoms with E-state index in [0.717, 1.165) is 11.3 Å². The molecule has 1 aromatic heterocycles. The van der Waals surface area contributed by atoms with Crippen LogP contribution in [0, 0.1) is 11.6 Å². The second-order valence-corrected chi connectivity index (χ2v) is 8.38. The molecule has 0 aliphatic rings. The van der Waals surface area contributed by atoms with E-state index in [2.05, 4.69) is 4.72 Å². The predicted octanol–water partition coefficient (Wildman–Crippen LogP) is 4.29. The molecular formula is C18H15F2NO2S2. The van der Waals surface area contributed by atoms with Crippen molar-refractivity contribution in [2.45, 2.75) is 16.7 Å². The topological polar surface area (TPSA) is 46.2 Å². The lowest BCUT2D eigenvalue weighted by atomic mass is 9.99. The van der Waals surface area contributed by atoms with Gasteiger partial charge in [0.2, 0.25) is 0 Å². The number of nitrogens with one attached hydrogen (secondary N) is 1. The molecule has 0 aliphatic carbocycles. The Kier molecular flexibility index (Phi) is 5.27. The van der Waals surface area contributed by atoms with Crippen LogP contribution in [0.2, 0.25) is 0 Å². The summed E-state index contributed by atoms with van der Waals surface area (Å²) in [5.74, 6) is -0.867. The maximum absolute atomic E-state index is 13.6. The summed E-state index contributed by atoms with van der Waals surface area (Å²) in [4.78, 5) is 0. The minimum atomic E-state index is -3.76. The van der Waals surface area contributed by atoms with Crippen molar-refractivity contribution in [3.05, 3.63) is 88.8 Å². The van der Waals surface area contributed by atoms with E-state index >= 15 is 0 Å². The Morgan fingerprint density at radius 2 is 1.68 bits per heavy atom. The fraction of sp³-hybridized carbons (Fsp3) is 0.111. The summed E-state index contributed by atoms with van der Waals surface area (Å²) in [5, 5.41) is 1.67. The lowest BCUT2D eigenvalue weighted by molar-refractivity contribution is 0.552. The van der Waals surface area contributed by atoms with Crippen molar-refractivity contribution in [3.63, 3.8) is 0 Å². The van der Waals surface area contributed by atoms with Gasteiger partial charge in [-0.15, -0.1) is 11.3 Å². The van der Waals surface area contributed by atoms with Gasteiger partial charge in [-0.05, 0) is 53.3 Å². The Morgan fingerprint density at radius 1 is 0.960 bits per heavy atom. The van der Waals surface area contributed by atoms with Gasteiger partial charge >= 0.3 is 0 Å². The first-order chi connectivity index (χ1) is 11.9. The number of thiophene rings is 1. The van der Waals surface area contributed by atoms with E-state index < -0.39 is 27.7 Å². The zero-order chi connectivity index (χ0) is 17.9. The van der Waals surface area contributed by atoms with Gasteiger partial charge in [0.1, 0.15) is 15.8 Å². The minimum absolute atomic E-state index is 0.174. The summed E-state index contributed by atoms with van der Waals surface area (Å²) in [7, 11) is -3.76. The third kappa shape index (κ3) is 4.50. The first-order valence-electron chi connectivity index (χ1n) is 7.50. The lowest BCUT2D eigenvalue weighted by Crippen LogP contribution is -2.29. The fourth-order valence-corrected chi connectivity index (χ4v) is 4.75. The van der Waals surface area contributed by atoms with E-state index in [-0.39, 0.29) is 10.6 Å². The van der Waals surface area contributed by atoms with Crippen LogP contribution in [-0.2, 0) is 16.4 Å². The van der Waals surface area contributed by atoms with Gasteiger partial charge in [0.25, 0.3) is 10.0 Å². The molecule has 7 heteroatoms. The van der Waals surface area contributed by atoms with Gasteiger partial charge in [0.05, 0.1) is 6.04 Å². The third-order valence-corrected chi connectivity index (χ3v) is 6.51. The van der Waals surface area contributed by atoms with Crippen LogP contribution in [0.15, 0.2) is 70.3 Å². The van der Waals surface area contributed by atoms with Crippen LogP contribution in [-0.4, -0.2) is 8.42 Å². The molecule has 130 valence electrons. The zero-order valence-corrected chi connectivity index (χ0v) is 14.7. The summed E-state index contributed by atoms with van der Waals surface area (Å²) >= 11 is 1.09. The lowest BCUT2D eigenvalue weighted by Gasteiger charge is -2.19. The number of sulfonamides is 1. The molecule has 1 N–H and O–H groups in total. The smallest absolute Gasteiger partial charge is 0.207 e. The zero-order valence-electron chi connectivity index (χ0n) is 13.0. The van der Waals surface area contributed by atoms with E-state index in [1.54, 1.807) is 29.6 Å². The average molecular weight is 379 g/mol. The molecule has 2 aromatic carbocycles. The van der Waals surface area contributed by atoms with Crippen LogP contribution in [0.5, 0.6) is 0 Å². The van der Waals surface area contributed by atoms with Crippen LogP contribution >= 0.6 is 11.3 Å². The molecule has 0 saturated heterocycles. The van der Waals surface area contributed by atoms with Gasteiger partial charge in [-0.3, -0.25) is 0 Å². The Labute approximate surface area is 149 Å². The Hall–Kier alpha value is -2.09. The molecule has 1 heterocycles. The second kappa shape index (κ2) is 7.43. The molecule has 1 atom stereocenters. The van der Waals surface area contributed by atoms with Crippen LogP contribution in [0.1, 0.15) is 17.2 Å². The summed E-state index contributed by atoms with van der Waals surface area (Å²) < 4.78 is 54.9. The number of benzene rings is 2. The Bertz CT molecular complexity index is 957. The molecule has 0 radical (unpaired) electrons. The van der Waals surface area contributed by atoms with Crippen molar-refractivity contribution in [1.29, 1.82) is 0 Å². The van der Waals surface area contributed by atoms with Crippen molar-refractivity contribution in [3.8, 4) is 0 Å². The molecule has 0 aliphatic heterocycles. The quantitative estimate of drug-likeness (QED) is 0.695. The molecule has 0 amide bonds. The third-order valence-electron chi connectivity index (χ3n) is 3.64. The van der Waals surface area contributed by atoms with Gasteiger partial charge in [-0.1, -0.05) is 30.3 Å². The van der Waals surface area contributed by atoms with E-state index in [1.165, 1.54) is 36.4 Å². The summed E-state index contributed by atoms with van der Waals surface area (Å²) in [5.41, 5.74) is 1.09. The SMILES string of the molecule is O=S(=O)(N[C@H](Cc1cccc(F)c1)c1cccc(F)c1)c1cccs1. The first-order valence-corrected chi connectivity index (χ1v) is 9.86. The van der Waals surface area contributed by atoms with Crippen LogP contribution in [0.25, 0.3) is 0 Å². The van der Waals surface area contributed by atoms with Gasteiger partial charge < -0.3 is 0 Å². The van der Waals surface area contributed by atoms with E-state index in [0.29, 0.717) is 11.1 Å². The number of hydrogen-bond donors (Lipinski definition) is 1. The van der Waals surface area contributed by atoms with Gasteiger partial charge in [-0.2, -0.15) is 0 Å². The van der Waals surface area contributed by atoms with Crippen molar-refractivity contribution >= 4 is 21.4 Å². The molecule has 3 rings (SSSR count). The highest BCUT2D eigenvalue weighted by atomic mass is 32.2. The van der Waals surface area contributed by atoms with Crippen molar-refractivity contribution in [1.82, 2.24) is 4.72 Å². The van der Waals surface area contributed by atoms with Crippen LogP contribution in [0.3, 0.4) is 0 Å². The monoisotopic (exact) mass is 379 g/mol. The second-order valence-electron chi connectivity index (χ2n) is 5.50. The first kappa shape index (κ1) is 17.7. The molecule has 3 nitrogen and oxygen atoms in total. The molecular weight excluding hydrogens is 364 g/mol. The molecule has 0 bridgehead atoms. The average Bonchev–Trinajstić information content (AvgIpc) is 3.09. The molecule has 0 saturated carbocycles. The summed E-state index contributed by atoms with van der Waals surface area (Å²) in [6.45, 7) is 0. The minimum Gasteiger partial charge on any atom is -0.207 e.